The van der Waals surface area contributed by atoms with Gasteiger partial charge in [0.25, 0.3) is 0 Å². The van der Waals surface area contributed by atoms with Crippen molar-refractivity contribution < 1.29 is 4.74 Å². The highest BCUT2D eigenvalue weighted by Crippen LogP contribution is 2.34. The van der Waals surface area contributed by atoms with Crippen LogP contribution in [-0.2, 0) is 6.42 Å². The Labute approximate surface area is 111 Å². The quantitative estimate of drug-likeness (QED) is 0.797. The summed E-state index contributed by atoms with van der Waals surface area (Å²) >= 11 is 3.63. The second-order valence-electron chi connectivity index (χ2n) is 3.86. The maximum atomic E-state index is 5.43. The van der Waals surface area contributed by atoms with Crippen LogP contribution in [0.5, 0.6) is 5.75 Å². The first-order valence-electron chi connectivity index (χ1n) is 5.68. The molecule has 1 nitrogen and oxygen atoms in total. The van der Waals surface area contributed by atoms with Gasteiger partial charge in [-0.15, -0.1) is 0 Å². The van der Waals surface area contributed by atoms with Gasteiger partial charge in [-0.25, -0.2) is 0 Å². The van der Waals surface area contributed by atoms with Crippen molar-refractivity contribution in [2.45, 2.75) is 13.3 Å². The van der Waals surface area contributed by atoms with Crippen molar-refractivity contribution in [2.75, 3.05) is 7.11 Å². The molecule has 17 heavy (non-hydrogen) atoms. The number of ether oxygens (including phenoxy) is 1. The zero-order valence-electron chi connectivity index (χ0n) is 10.0. The summed E-state index contributed by atoms with van der Waals surface area (Å²) < 4.78 is 6.54. The van der Waals surface area contributed by atoms with Gasteiger partial charge in [0.1, 0.15) is 5.75 Å². The average molecular weight is 291 g/mol. The van der Waals surface area contributed by atoms with Crippen molar-refractivity contribution in [1.82, 2.24) is 0 Å². The van der Waals surface area contributed by atoms with Crippen molar-refractivity contribution in [3.05, 3.63) is 52.5 Å². The second-order valence-corrected chi connectivity index (χ2v) is 4.72. The van der Waals surface area contributed by atoms with Crippen molar-refractivity contribution in [2.24, 2.45) is 0 Å². The summed E-state index contributed by atoms with van der Waals surface area (Å²) in [6.45, 7) is 2.13. The Morgan fingerprint density at radius 2 is 1.82 bits per heavy atom. The number of halogens is 1. The molecule has 0 saturated heterocycles. The fourth-order valence-electron chi connectivity index (χ4n) is 1.90. The van der Waals surface area contributed by atoms with E-state index in [1.165, 1.54) is 16.7 Å². The minimum atomic E-state index is 0.953. The van der Waals surface area contributed by atoms with Crippen LogP contribution in [0.4, 0.5) is 0 Å². The van der Waals surface area contributed by atoms with E-state index in [0.29, 0.717) is 0 Å². The van der Waals surface area contributed by atoms with Gasteiger partial charge in [0, 0.05) is 4.47 Å². The van der Waals surface area contributed by atoms with E-state index in [9.17, 15) is 0 Å². The first-order chi connectivity index (χ1) is 8.26. The van der Waals surface area contributed by atoms with E-state index in [4.69, 9.17) is 4.74 Å². The van der Waals surface area contributed by atoms with Gasteiger partial charge >= 0.3 is 0 Å². The summed E-state index contributed by atoms with van der Waals surface area (Å²) in [6.07, 6.45) is 0.969. The predicted molar refractivity (Wildman–Crippen MR) is 75.5 cm³/mol. The third-order valence-electron chi connectivity index (χ3n) is 2.84. The molecule has 0 aliphatic rings. The van der Waals surface area contributed by atoms with Crippen molar-refractivity contribution in [3.63, 3.8) is 0 Å². The standard InChI is InChI=1S/C15H15BrO/c1-3-11-9-14(16)13(10-15(11)17-2)12-7-5-4-6-8-12/h4-10H,3H2,1-2H3. The van der Waals surface area contributed by atoms with Crippen LogP contribution in [0.3, 0.4) is 0 Å². The van der Waals surface area contributed by atoms with Crippen molar-refractivity contribution >= 4 is 15.9 Å². The molecule has 0 saturated carbocycles. The molecule has 0 atom stereocenters. The molecule has 0 N–H and O–H groups in total. The first-order valence-corrected chi connectivity index (χ1v) is 6.47. The number of rotatable bonds is 3. The van der Waals surface area contributed by atoms with E-state index < -0.39 is 0 Å². The maximum absolute atomic E-state index is 5.43. The lowest BCUT2D eigenvalue weighted by atomic mass is 10.0. The van der Waals surface area contributed by atoms with Gasteiger partial charge in [-0.05, 0) is 35.2 Å². The molecule has 2 aromatic carbocycles. The Morgan fingerprint density at radius 1 is 1.12 bits per heavy atom. The van der Waals surface area contributed by atoms with Gasteiger partial charge in [-0.2, -0.15) is 0 Å². The van der Waals surface area contributed by atoms with Crippen molar-refractivity contribution in [3.8, 4) is 16.9 Å². The van der Waals surface area contributed by atoms with Crippen molar-refractivity contribution in [1.29, 1.82) is 0 Å². The SMILES string of the molecule is CCc1cc(Br)c(-c2ccccc2)cc1OC. The third-order valence-corrected chi connectivity index (χ3v) is 3.49. The van der Waals surface area contributed by atoms with E-state index in [1.807, 2.05) is 18.2 Å². The minimum absolute atomic E-state index is 0.953. The molecule has 0 heterocycles. The lowest BCUT2D eigenvalue weighted by Gasteiger charge is -2.12. The molecule has 0 bridgehead atoms. The summed E-state index contributed by atoms with van der Waals surface area (Å²) in [6, 6.07) is 14.6. The van der Waals surface area contributed by atoms with Crippen LogP contribution in [0.15, 0.2) is 46.9 Å². The van der Waals surface area contributed by atoms with Gasteiger partial charge in [0.15, 0.2) is 0 Å². The highest BCUT2D eigenvalue weighted by Gasteiger charge is 2.09. The topological polar surface area (TPSA) is 9.23 Å². The van der Waals surface area contributed by atoms with Crippen LogP contribution in [0, 0.1) is 0 Å². The third kappa shape index (κ3) is 2.52. The second kappa shape index (κ2) is 5.37. The van der Waals surface area contributed by atoms with E-state index in [-0.39, 0.29) is 0 Å². The molecule has 2 rings (SSSR count). The molecule has 2 heteroatoms. The van der Waals surface area contributed by atoms with Crippen LogP contribution in [0.25, 0.3) is 11.1 Å². The van der Waals surface area contributed by atoms with Gasteiger partial charge in [-0.1, -0.05) is 53.2 Å². The van der Waals surface area contributed by atoms with E-state index >= 15 is 0 Å². The highest BCUT2D eigenvalue weighted by atomic mass is 79.9. The van der Waals surface area contributed by atoms with Gasteiger partial charge in [-0.3, -0.25) is 0 Å². The Bertz CT molecular complexity index is 506. The van der Waals surface area contributed by atoms with Crippen LogP contribution in [-0.4, -0.2) is 7.11 Å². The largest absolute Gasteiger partial charge is 0.496 e. The number of hydrogen-bond donors (Lipinski definition) is 0. The molecular weight excluding hydrogens is 276 g/mol. The zero-order valence-corrected chi connectivity index (χ0v) is 11.6. The molecule has 0 aliphatic carbocycles. The molecular formula is C15H15BrO. The number of hydrogen-bond acceptors (Lipinski definition) is 1. The normalized spacial score (nSPS) is 10.3. The summed E-state index contributed by atoms with van der Waals surface area (Å²) in [7, 11) is 1.72. The minimum Gasteiger partial charge on any atom is -0.496 e. The van der Waals surface area contributed by atoms with E-state index in [2.05, 4.69) is 47.1 Å². The highest BCUT2D eigenvalue weighted by molar-refractivity contribution is 9.10. The lowest BCUT2D eigenvalue weighted by Crippen LogP contribution is -1.92. The fraction of sp³-hybridized carbons (Fsp3) is 0.200. The summed E-state index contributed by atoms with van der Waals surface area (Å²) in [5.41, 5.74) is 3.58. The Kier molecular flexibility index (Phi) is 3.85. The Morgan fingerprint density at radius 3 is 2.41 bits per heavy atom. The molecule has 0 aromatic heterocycles. The summed E-state index contributed by atoms with van der Waals surface area (Å²) in [4.78, 5) is 0. The van der Waals surface area contributed by atoms with Crippen LogP contribution in [0.2, 0.25) is 0 Å². The molecule has 0 aliphatic heterocycles. The number of benzene rings is 2. The monoisotopic (exact) mass is 290 g/mol. The van der Waals surface area contributed by atoms with Crippen LogP contribution < -0.4 is 4.74 Å². The molecule has 88 valence electrons. The van der Waals surface area contributed by atoms with Gasteiger partial charge in [0.2, 0.25) is 0 Å². The molecule has 0 fully saturated rings. The molecule has 0 spiro atoms. The summed E-state index contributed by atoms with van der Waals surface area (Å²) in [5.74, 6) is 0.953. The molecule has 0 amide bonds. The first kappa shape index (κ1) is 12.2. The van der Waals surface area contributed by atoms with E-state index in [0.717, 1.165) is 16.6 Å². The zero-order chi connectivity index (χ0) is 12.3. The lowest BCUT2D eigenvalue weighted by molar-refractivity contribution is 0.410. The van der Waals surface area contributed by atoms with Crippen LogP contribution in [0.1, 0.15) is 12.5 Å². The Hall–Kier alpha value is -1.28. The molecule has 0 radical (unpaired) electrons. The molecule has 0 unspecified atom stereocenters. The number of aryl methyl sites for hydroxylation is 1. The van der Waals surface area contributed by atoms with Gasteiger partial charge < -0.3 is 4.74 Å². The molecule has 2 aromatic rings. The van der Waals surface area contributed by atoms with E-state index in [1.54, 1.807) is 7.11 Å². The maximum Gasteiger partial charge on any atom is 0.122 e. The predicted octanol–water partition coefficient (Wildman–Crippen LogP) is 4.69. The van der Waals surface area contributed by atoms with Gasteiger partial charge in [0.05, 0.1) is 7.11 Å². The summed E-state index contributed by atoms with van der Waals surface area (Å²) in [5, 5.41) is 0. The fourth-order valence-corrected chi connectivity index (χ4v) is 2.52. The number of methoxy groups -OCH3 is 1. The smallest absolute Gasteiger partial charge is 0.122 e. The van der Waals surface area contributed by atoms with Crippen LogP contribution >= 0.6 is 15.9 Å². The average Bonchev–Trinajstić information content (AvgIpc) is 2.39. The Balaban J connectivity index is 2.56.